The van der Waals surface area contributed by atoms with Gasteiger partial charge in [0.05, 0.1) is 11.4 Å². The summed E-state index contributed by atoms with van der Waals surface area (Å²) in [5.74, 6) is 0. The van der Waals surface area contributed by atoms with Gasteiger partial charge in [0, 0.05) is 21.9 Å². The van der Waals surface area contributed by atoms with Crippen LogP contribution in [0.15, 0.2) is 192 Å². The van der Waals surface area contributed by atoms with E-state index in [0.29, 0.717) is 0 Å². The molecule has 2 heterocycles. The minimum Gasteiger partial charge on any atom is -0.456 e. The van der Waals surface area contributed by atoms with Crippen LogP contribution in [-0.2, 0) is 5.41 Å². The second-order valence-electron chi connectivity index (χ2n) is 14.6. The minimum absolute atomic E-state index is 0.284. The third kappa shape index (κ3) is 5.26. The Bertz CT molecular complexity index is 2740. The molecule has 0 saturated heterocycles. The van der Waals surface area contributed by atoms with Crippen LogP contribution in [0.4, 0.5) is 17.1 Å². The Hall–Kier alpha value is -6.64. The van der Waals surface area contributed by atoms with Crippen LogP contribution in [0.25, 0.3) is 66.4 Å². The summed E-state index contributed by atoms with van der Waals surface area (Å²) in [6.45, 7) is 4.76. The van der Waals surface area contributed by atoms with Crippen LogP contribution in [0.5, 0.6) is 0 Å². The first kappa shape index (κ1) is 31.1. The zero-order chi connectivity index (χ0) is 35.5. The van der Waals surface area contributed by atoms with Crippen molar-refractivity contribution in [3.63, 3.8) is 0 Å². The molecule has 1 aliphatic heterocycles. The van der Waals surface area contributed by atoms with Gasteiger partial charge in [0.2, 0.25) is 0 Å². The van der Waals surface area contributed by atoms with Crippen molar-refractivity contribution in [3.8, 4) is 44.5 Å². The molecule has 0 N–H and O–H groups in total. The highest BCUT2D eigenvalue weighted by Crippen LogP contribution is 2.54. The molecular weight excluding hydrogens is 643 g/mol. The van der Waals surface area contributed by atoms with Gasteiger partial charge in [0.1, 0.15) is 11.2 Å². The summed E-state index contributed by atoms with van der Waals surface area (Å²) in [5.41, 5.74) is 17.2. The monoisotopic (exact) mass is 679 g/mol. The Labute approximate surface area is 310 Å². The summed E-state index contributed by atoms with van der Waals surface area (Å²) >= 11 is 0. The van der Waals surface area contributed by atoms with Crippen molar-refractivity contribution in [1.29, 1.82) is 0 Å². The maximum Gasteiger partial charge on any atom is 0.135 e. The first-order valence-corrected chi connectivity index (χ1v) is 18.3. The lowest BCUT2D eigenvalue weighted by Gasteiger charge is -2.43. The molecule has 0 unspecified atom stereocenters. The smallest absolute Gasteiger partial charge is 0.135 e. The third-order valence-electron chi connectivity index (χ3n) is 11.0. The number of hydrogen-bond acceptors (Lipinski definition) is 2. The largest absolute Gasteiger partial charge is 0.456 e. The molecule has 0 saturated carbocycles. The van der Waals surface area contributed by atoms with Gasteiger partial charge >= 0.3 is 0 Å². The topological polar surface area (TPSA) is 16.4 Å². The summed E-state index contributed by atoms with van der Waals surface area (Å²) < 4.78 is 6.19. The Morgan fingerprint density at radius 2 is 0.811 bits per heavy atom. The minimum atomic E-state index is -0.284. The van der Waals surface area contributed by atoms with Crippen molar-refractivity contribution in [2.75, 3.05) is 4.90 Å². The van der Waals surface area contributed by atoms with Crippen molar-refractivity contribution in [3.05, 3.63) is 199 Å². The van der Waals surface area contributed by atoms with Crippen LogP contribution >= 0.6 is 0 Å². The first-order chi connectivity index (χ1) is 26.0. The van der Waals surface area contributed by atoms with E-state index in [4.69, 9.17) is 4.42 Å². The summed E-state index contributed by atoms with van der Waals surface area (Å²) in [5, 5.41) is 2.28. The van der Waals surface area contributed by atoms with Crippen LogP contribution in [0.3, 0.4) is 0 Å². The lowest BCUT2D eigenvalue weighted by atomic mass is 9.72. The number of fused-ring (bicyclic) bond motifs is 5. The van der Waals surface area contributed by atoms with E-state index >= 15 is 0 Å². The lowest BCUT2D eigenvalue weighted by molar-refractivity contribution is 0.632. The summed E-state index contributed by atoms with van der Waals surface area (Å²) in [4.78, 5) is 2.49. The molecule has 1 aromatic heterocycles. The Kier molecular flexibility index (Phi) is 7.19. The van der Waals surface area contributed by atoms with Crippen molar-refractivity contribution < 1.29 is 4.42 Å². The zero-order valence-electron chi connectivity index (χ0n) is 29.8. The molecule has 2 nitrogen and oxygen atoms in total. The molecule has 0 radical (unpaired) electrons. The molecule has 9 aromatic rings. The quantitative estimate of drug-likeness (QED) is 0.180. The van der Waals surface area contributed by atoms with E-state index in [1.54, 1.807) is 0 Å². The molecular formula is C51H37NO. The number of rotatable bonds is 5. The van der Waals surface area contributed by atoms with Gasteiger partial charge in [-0.3, -0.25) is 0 Å². The van der Waals surface area contributed by atoms with Crippen LogP contribution in [-0.4, -0.2) is 0 Å². The Morgan fingerprint density at radius 1 is 0.358 bits per heavy atom. The van der Waals surface area contributed by atoms with E-state index < -0.39 is 0 Å². The molecule has 2 heteroatoms. The molecule has 53 heavy (non-hydrogen) atoms. The number of benzene rings is 8. The predicted octanol–water partition coefficient (Wildman–Crippen LogP) is 14.4. The SMILES string of the molecule is CC1(C)c2cc(-c3ccccc3)ccc2N(c2cc(-c3ccccc3)cc(-c3ccccc3)c2)c2ccc(-c3ccc4oc5ccccc5c4c3)cc21. The average molecular weight is 680 g/mol. The fourth-order valence-corrected chi connectivity index (χ4v) is 8.25. The second kappa shape index (κ2) is 12.3. The predicted molar refractivity (Wildman–Crippen MR) is 222 cm³/mol. The maximum absolute atomic E-state index is 6.19. The van der Waals surface area contributed by atoms with Gasteiger partial charge < -0.3 is 9.32 Å². The fourth-order valence-electron chi connectivity index (χ4n) is 8.25. The third-order valence-corrected chi connectivity index (χ3v) is 11.0. The molecule has 0 spiro atoms. The second-order valence-corrected chi connectivity index (χ2v) is 14.6. The van der Waals surface area contributed by atoms with Crippen molar-refractivity contribution in [2.45, 2.75) is 19.3 Å². The Balaban J connectivity index is 1.21. The van der Waals surface area contributed by atoms with Gasteiger partial charge in [-0.25, -0.2) is 0 Å². The number of furan rings is 1. The summed E-state index contributed by atoms with van der Waals surface area (Å²) in [6, 6.07) is 68.1. The van der Waals surface area contributed by atoms with Crippen molar-refractivity contribution >= 4 is 39.0 Å². The molecule has 1 aliphatic rings. The van der Waals surface area contributed by atoms with Gasteiger partial charge in [-0.15, -0.1) is 0 Å². The number of anilines is 3. The molecule has 8 aromatic carbocycles. The molecule has 252 valence electrons. The molecule has 0 bridgehead atoms. The molecule has 0 atom stereocenters. The van der Waals surface area contributed by atoms with Gasteiger partial charge in [0.25, 0.3) is 0 Å². The number of para-hydroxylation sites is 1. The number of nitrogens with zero attached hydrogens (tertiary/aromatic N) is 1. The van der Waals surface area contributed by atoms with Crippen molar-refractivity contribution in [1.82, 2.24) is 0 Å². The van der Waals surface area contributed by atoms with Gasteiger partial charge in [-0.05, 0) is 116 Å². The first-order valence-electron chi connectivity index (χ1n) is 18.3. The maximum atomic E-state index is 6.19. The molecule has 0 aliphatic carbocycles. The van der Waals surface area contributed by atoms with Gasteiger partial charge in [0.15, 0.2) is 0 Å². The highest BCUT2D eigenvalue weighted by atomic mass is 16.3. The normalized spacial score (nSPS) is 13.2. The van der Waals surface area contributed by atoms with Crippen LogP contribution in [0.2, 0.25) is 0 Å². The highest BCUT2D eigenvalue weighted by Gasteiger charge is 2.38. The van der Waals surface area contributed by atoms with E-state index in [1.807, 2.05) is 12.1 Å². The summed E-state index contributed by atoms with van der Waals surface area (Å²) in [7, 11) is 0. The van der Waals surface area contributed by atoms with Crippen LogP contribution in [0.1, 0.15) is 25.0 Å². The number of hydrogen-bond donors (Lipinski definition) is 0. The van der Waals surface area contributed by atoms with Crippen LogP contribution < -0.4 is 4.90 Å². The van der Waals surface area contributed by atoms with E-state index in [9.17, 15) is 0 Å². The van der Waals surface area contributed by atoms with E-state index in [2.05, 4.69) is 195 Å². The van der Waals surface area contributed by atoms with E-state index in [-0.39, 0.29) is 5.41 Å². The average Bonchev–Trinajstić information content (AvgIpc) is 3.60. The Morgan fingerprint density at radius 3 is 1.40 bits per heavy atom. The van der Waals surface area contributed by atoms with Gasteiger partial charge in [-0.2, -0.15) is 0 Å². The van der Waals surface area contributed by atoms with E-state index in [0.717, 1.165) is 27.6 Å². The lowest BCUT2D eigenvalue weighted by Crippen LogP contribution is -2.30. The summed E-state index contributed by atoms with van der Waals surface area (Å²) in [6.07, 6.45) is 0. The standard InChI is InChI=1S/C51H37NO/c1-51(2)45-32-38(34-14-6-3-7-15-34)22-25-47(45)52(42-29-40(35-16-8-4-9-17-35)28-41(30-42)36-18-10-5-11-19-36)48-26-23-39(33-46(48)51)37-24-27-50-44(31-37)43-20-12-13-21-49(43)53-50/h3-33H,1-2H3. The van der Waals surface area contributed by atoms with Crippen molar-refractivity contribution in [2.24, 2.45) is 0 Å². The molecule has 0 amide bonds. The zero-order valence-corrected chi connectivity index (χ0v) is 29.8. The van der Waals surface area contributed by atoms with E-state index in [1.165, 1.54) is 67.0 Å². The molecule has 0 fully saturated rings. The molecule has 10 rings (SSSR count). The fraction of sp³-hybridized carbons (Fsp3) is 0.0588. The van der Waals surface area contributed by atoms with Crippen LogP contribution in [0, 0.1) is 0 Å². The highest BCUT2D eigenvalue weighted by molar-refractivity contribution is 6.06. The van der Waals surface area contributed by atoms with Gasteiger partial charge in [-0.1, -0.05) is 141 Å².